The first-order chi connectivity index (χ1) is 6.09. The fourth-order valence-corrected chi connectivity index (χ4v) is 2.87. The molecule has 0 spiro atoms. The number of hydrogen-bond acceptors (Lipinski definition) is 3. The van der Waals surface area contributed by atoms with Crippen molar-refractivity contribution in [2.75, 3.05) is 6.61 Å². The van der Waals surface area contributed by atoms with Crippen LogP contribution in [0.25, 0.3) is 0 Å². The van der Waals surface area contributed by atoms with Crippen molar-refractivity contribution >= 4 is 9.84 Å². The molecule has 2 unspecified atom stereocenters. The van der Waals surface area contributed by atoms with Crippen LogP contribution in [0.15, 0.2) is 12.7 Å². The van der Waals surface area contributed by atoms with E-state index in [0.717, 1.165) is 12.8 Å². The predicted octanol–water partition coefficient (Wildman–Crippen LogP) is 1.50. The minimum atomic E-state index is -3.15. The predicted molar refractivity (Wildman–Crippen MR) is 52.2 cm³/mol. The molecule has 0 aromatic heterocycles. The summed E-state index contributed by atoms with van der Waals surface area (Å²) in [6, 6.07) is 0. The first-order valence-electron chi connectivity index (χ1n) is 4.56. The minimum absolute atomic E-state index is 0.504. The van der Waals surface area contributed by atoms with Crippen molar-refractivity contribution in [2.24, 2.45) is 0 Å². The van der Waals surface area contributed by atoms with Crippen molar-refractivity contribution in [1.29, 1.82) is 0 Å². The zero-order valence-corrected chi connectivity index (χ0v) is 8.72. The molecule has 0 aromatic rings. The van der Waals surface area contributed by atoms with Crippen LogP contribution in [0, 0.1) is 0 Å². The average Bonchev–Trinajstić information content (AvgIpc) is 2.18. The Bertz CT molecular complexity index is 263. The van der Waals surface area contributed by atoms with Gasteiger partial charge in [-0.1, -0.05) is 6.08 Å². The quantitative estimate of drug-likeness (QED) is 0.654. The van der Waals surface area contributed by atoms with Crippen LogP contribution in [0.5, 0.6) is 0 Å². The molecule has 13 heavy (non-hydrogen) atoms. The lowest BCUT2D eigenvalue weighted by Crippen LogP contribution is -2.33. The normalized spacial score (nSPS) is 26.7. The van der Waals surface area contributed by atoms with E-state index in [2.05, 4.69) is 6.58 Å². The van der Waals surface area contributed by atoms with Gasteiger partial charge < -0.3 is 4.74 Å². The van der Waals surface area contributed by atoms with E-state index in [1.165, 1.54) is 6.08 Å². The highest BCUT2D eigenvalue weighted by Crippen LogP contribution is 2.21. The van der Waals surface area contributed by atoms with Crippen LogP contribution in [-0.4, -0.2) is 25.7 Å². The summed E-state index contributed by atoms with van der Waals surface area (Å²) in [7, 11) is -3.15. The van der Waals surface area contributed by atoms with Crippen LogP contribution in [0.1, 0.15) is 26.2 Å². The van der Waals surface area contributed by atoms with E-state index in [1.54, 1.807) is 6.92 Å². The molecule has 2 atom stereocenters. The van der Waals surface area contributed by atoms with Crippen molar-refractivity contribution in [2.45, 2.75) is 36.9 Å². The Morgan fingerprint density at radius 2 is 2.23 bits per heavy atom. The molecule has 1 aliphatic heterocycles. The van der Waals surface area contributed by atoms with Crippen LogP contribution >= 0.6 is 0 Å². The third-order valence-electron chi connectivity index (χ3n) is 2.35. The second-order valence-electron chi connectivity index (χ2n) is 3.33. The molecular formula is C9H16O3S. The molecule has 0 aliphatic carbocycles. The van der Waals surface area contributed by atoms with Crippen LogP contribution in [-0.2, 0) is 14.6 Å². The minimum Gasteiger partial charge on any atom is -0.362 e. The van der Waals surface area contributed by atoms with Crippen molar-refractivity contribution in [3.05, 3.63) is 12.7 Å². The summed E-state index contributed by atoms with van der Waals surface area (Å²) in [5, 5.41) is -0.504. The van der Waals surface area contributed by atoms with Crippen molar-refractivity contribution in [3.8, 4) is 0 Å². The zero-order valence-electron chi connectivity index (χ0n) is 7.90. The van der Waals surface area contributed by atoms with Gasteiger partial charge in [-0.25, -0.2) is 8.42 Å². The molecule has 1 aliphatic rings. The summed E-state index contributed by atoms with van der Waals surface area (Å²) >= 11 is 0. The van der Waals surface area contributed by atoms with Crippen LogP contribution in [0.3, 0.4) is 0 Å². The summed E-state index contributed by atoms with van der Waals surface area (Å²) in [6.07, 6.45) is 3.98. The van der Waals surface area contributed by atoms with Gasteiger partial charge in [0.2, 0.25) is 0 Å². The summed E-state index contributed by atoms with van der Waals surface area (Å²) in [5.41, 5.74) is -0.603. The Kier molecular flexibility index (Phi) is 3.50. The molecule has 0 saturated carbocycles. The maximum Gasteiger partial charge on any atom is 0.183 e. The van der Waals surface area contributed by atoms with Gasteiger partial charge in [0, 0.05) is 6.61 Å². The van der Waals surface area contributed by atoms with Crippen molar-refractivity contribution < 1.29 is 13.2 Å². The highest BCUT2D eigenvalue weighted by atomic mass is 32.2. The Labute approximate surface area is 79.7 Å². The van der Waals surface area contributed by atoms with E-state index < -0.39 is 20.5 Å². The van der Waals surface area contributed by atoms with Gasteiger partial charge in [-0.05, 0) is 26.2 Å². The molecule has 1 fully saturated rings. The van der Waals surface area contributed by atoms with Gasteiger partial charge in [0.05, 0.1) is 5.25 Å². The van der Waals surface area contributed by atoms with E-state index in [-0.39, 0.29) is 0 Å². The molecule has 0 amide bonds. The van der Waals surface area contributed by atoms with Gasteiger partial charge in [-0.2, -0.15) is 0 Å². The van der Waals surface area contributed by atoms with Gasteiger partial charge in [0.25, 0.3) is 0 Å². The molecule has 4 heteroatoms. The third kappa shape index (κ3) is 2.31. The average molecular weight is 204 g/mol. The van der Waals surface area contributed by atoms with Gasteiger partial charge in [-0.3, -0.25) is 0 Å². The highest BCUT2D eigenvalue weighted by Gasteiger charge is 2.31. The van der Waals surface area contributed by atoms with Crippen LogP contribution in [0.4, 0.5) is 0 Å². The van der Waals surface area contributed by atoms with E-state index in [9.17, 15) is 8.42 Å². The number of rotatable bonds is 3. The van der Waals surface area contributed by atoms with E-state index in [0.29, 0.717) is 13.0 Å². The fourth-order valence-electron chi connectivity index (χ4n) is 1.34. The molecule has 3 nitrogen and oxygen atoms in total. The smallest absolute Gasteiger partial charge is 0.183 e. The number of ether oxygens (including phenoxy) is 1. The molecule has 0 aromatic carbocycles. The Morgan fingerprint density at radius 1 is 1.54 bits per heavy atom. The SMILES string of the molecule is C=CC(C)S(=O)(=O)C1CCCCO1. The van der Waals surface area contributed by atoms with E-state index in [1.807, 2.05) is 0 Å². The van der Waals surface area contributed by atoms with Crippen LogP contribution in [0.2, 0.25) is 0 Å². The fraction of sp³-hybridized carbons (Fsp3) is 0.778. The van der Waals surface area contributed by atoms with E-state index in [4.69, 9.17) is 4.74 Å². The summed E-state index contributed by atoms with van der Waals surface area (Å²) in [4.78, 5) is 0. The highest BCUT2D eigenvalue weighted by molar-refractivity contribution is 7.92. The van der Waals surface area contributed by atoms with Gasteiger partial charge in [-0.15, -0.1) is 6.58 Å². The lowest BCUT2D eigenvalue weighted by Gasteiger charge is -2.24. The second kappa shape index (κ2) is 4.24. The Balaban J connectivity index is 2.73. The molecule has 0 radical (unpaired) electrons. The van der Waals surface area contributed by atoms with Crippen molar-refractivity contribution in [1.82, 2.24) is 0 Å². The first kappa shape index (κ1) is 10.7. The first-order valence-corrected chi connectivity index (χ1v) is 6.17. The largest absolute Gasteiger partial charge is 0.362 e. The molecule has 76 valence electrons. The number of sulfone groups is 1. The summed E-state index contributed by atoms with van der Waals surface area (Å²) in [6.45, 7) is 5.69. The van der Waals surface area contributed by atoms with Gasteiger partial charge in [0.1, 0.15) is 0 Å². The Hall–Kier alpha value is -0.350. The molecule has 0 bridgehead atoms. The maximum atomic E-state index is 11.7. The van der Waals surface area contributed by atoms with Crippen molar-refractivity contribution in [3.63, 3.8) is 0 Å². The summed E-state index contributed by atoms with van der Waals surface area (Å²) in [5.74, 6) is 0. The van der Waals surface area contributed by atoms with Gasteiger partial charge in [0.15, 0.2) is 15.3 Å². The van der Waals surface area contributed by atoms with Crippen LogP contribution < -0.4 is 0 Å². The van der Waals surface area contributed by atoms with E-state index >= 15 is 0 Å². The Morgan fingerprint density at radius 3 is 2.69 bits per heavy atom. The monoisotopic (exact) mass is 204 g/mol. The van der Waals surface area contributed by atoms with Gasteiger partial charge >= 0.3 is 0 Å². The maximum absolute atomic E-state index is 11.7. The molecular weight excluding hydrogens is 188 g/mol. The third-order valence-corrected chi connectivity index (χ3v) is 4.69. The molecule has 1 heterocycles. The topological polar surface area (TPSA) is 43.4 Å². The molecule has 0 N–H and O–H groups in total. The zero-order chi connectivity index (χ0) is 9.90. The summed E-state index contributed by atoms with van der Waals surface area (Å²) < 4.78 is 28.7. The molecule has 1 rings (SSSR count). The second-order valence-corrected chi connectivity index (χ2v) is 5.77. The lowest BCUT2D eigenvalue weighted by molar-refractivity contribution is 0.0658. The number of hydrogen-bond donors (Lipinski definition) is 0. The molecule has 1 saturated heterocycles. The standard InChI is InChI=1S/C9H16O3S/c1-3-8(2)13(10,11)9-6-4-5-7-12-9/h3,8-9H,1,4-7H2,2H3. The lowest BCUT2D eigenvalue weighted by atomic mass is 10.2.